The first-order valence-electron chi connectivity index (χ1n) is 17.0. The van der Waals surface area contributed by atoms with E-state index in [2.05, 4.69) is 21.2 Å². The lowest BCUT2D eigenvalue weighted by Gasteiger charge is -2.40. The number of hydrogen-bond acceptors (Lipinski definition) is 12. The van der Waals surface area contributed by atoms with E-state index >= 15 is 0 Å². The van der Waals surface area contributed by atoms with Gasteiger partial charge in [-0.05, 0) is 70.5 Å². The molecular weight excluding hydrogens is 615 g/mol. The minimum atomic E-state index is -1.19. The largest absolute Gasteiger partial charge is 0.437 e. The van der Waals surface area contributed by atoms with E-state index in [1.165, 1.54) is 11.8 Å². The van der Waals surface area contributed by atoms with Crippen LogP contribution in [0.3, 0.4) is 0 Å². The number of amides is 3. The van der Waals surface area contributed by atoms with E-state index in [9.17, 15) is 29.7 Å². The molecular formula is C30H61BN6O8S. The van der Waals surface area contributed by atoms with Crippen molar-refractivity contribution < 1.29 is 39.5 Å². The van der Waals surface area contributed by atoms with Crippen molar-refractivity contribution in [1.29, 1.82) is 0 Å². The predicted molar refractivity (Wildman–Crippen MR) is 182 cm³/mol. The summed E-state index contributed by atoms with van der Waals surface area (Å²) in [5, 5.41) is 50.0. The zero-order valence-electron chi connectivity index (χ0n) is 27.7. The molecule has 1 rings (SSSR count). The normalized spacial score (nSPS) is 21.8. The maximum absolute atomic E-state index is 12.1. The zero-order chi connectivity index (χ0) is 34.2. The molecule has 0 aromatic heterocycles. The standard InChI is InChI=1S/C30H61BN6O8S/c1-31(44)37-19-11-7-13-22(32)29(43)36-18-9-3-6-15-24(39)34-16-8-2-5-14-25(40)35-17-10-4-12-20-46-30-26(33)28(42)27(41)23(21-38)45-30/h22-23,26-28,30,37-38,41-42,44H,2-21,32-33H2,1H3,(H,34,39)(H,35,40)(H,36,43)/t22?,23?,26?,27-,28?,30-/m0/s1. The van der Waals surface area contributed by atoms with Gasteiger partial charge in [0.25, 0.3) is 0 Å². The van der Waals surface area contributed by atoms with Crippen molar-refractivity contribution in [3.05, 3.63) is 0 Å². The number of nitrogens with two attached hydrogens (primary N) is 2. The average Bonchev–Trinajstić information content (AvgIpc) is 3.03. The van der Waals surface area contributed by atoms with Crippen LogP contribution in [-0.4, -0.2) is 119 Å². The molecule has 1 aliphatic heterocycles. The third-order valence-corrected chi connectivity index (χ3v) is 9.13. The Labute approximate surface area is 279 Å². The molecule has 16 heteroatoms. The second-order valence-corrected chi connectivity index (χ2v) is 13.3. The summed E-state index contributed by atoms with van der Waals surface area (Å²) >= 11 is 1.46. The number of hydrogen-bond donors (Lipinski definition) is 10. The topological polar surface area (TPSA) is 242 Å². The summed E-state index contributed by atoms with van der Waals surface area (Å²) in [6.07, 6.45) is 7.51. The molecule has 0 aromatic rings. The minimum Gasteiger partial charge on any atom is -0.437 e. The van der Waals surface area contributed by atoms with E-state index in [0.29, 0.717) is 45.4 Å². The van der Waals surface area contributed by atoms with E-state index in [4.69, 9.17) is 21.2 Å². The second-order valence-electron chi connectivity index (χ2n) is 12.1. The molecule has 0 aliphatic carbocycles. The monoisotopic (exact) mass is 676 g/mol. The number of aliphatic hydroxyl groups excluding tert-OH is 3. The van der Waals surface area contributed by atoms with Gasteiger partial charge >= 0.3 is 7.05 Å². The molecule has 1 fully saturated rings. The van der Waals surface area contributed by atoms with Crippen molar-refractivity contribution in [2.75, 3.05) is 38.5 Å². The van der Waals surface area contributed by atoms with Crippen molar-refractivity contribution in [3.63, 3.8) is 0 Å². The first kappa shape index (κ1) is 42.5. The number of aliphatic hydroxyl groups is 3. The molecule has 4 unspecified atom stereocenters. The molecule has 6 atom stereocenters. The zero-order valence-corrected chi connectivity index (χ0v) is 28.5. The van der Waals surface area contributed by atoms with Crippen molar-refractivity contribution >= 4 is 36.5 Å². The van der Waals surface area contributed by atoms with Gasteiger partial charge in [0.2, 0.25) is 17.7 Å². The molecule has 14 nitrogen and oxygen atoms in total. The molecule has 0 saturated carbocycles. The Morgan fingerprint density at radius 2 is 1.35 bits per heavy atom. The van der Waals surface area contributed by atoms with Crippen molar-refractivity contribution in [1.82, 2.24) is 21.2 Å². The highest BCUT2D eigenvalue weighted by atomic mass is 32.2. The Hall–Kier alpha value is -1.50. The number of thioether (sulfide) groups is 1. The van der Waals surface area contributed by atoms with Crippen LogP contribution >= 0.6 is 11.8 Å². The van der Waals surface area contributed by atoms with Crippen LogP contribution in [0.4, 0.5) is 0 Å². The number of carbonyl (C=O) groups is 3. The summed E-state index contributed by atoms with van der Waals surface area (Å²) in [5.41, 5.74) is 11.4. The molecule has 0 aromatic carbocycles. The summed E-state index contributed by atoms with van der Waals surface area (Å²) in [5.74, 6) is 0.655. The highest BCUT2D eigenvalue weighted by molar-refractivity contribution is 7.99. The fourth-order valence-electron chi connectivity index (χ4n) is 4.94. The number of rotatable bonds is 27. The van der Waals surface area contributed by atoms with Crippen molar-refractivity contribution in [2.45, 2.75) is 133 Å². The smallest absolute Gasteiger partial charge is 0.373 e. The van der Waals surface area contributed by atoms with E-state index < -0.39 is 42.9 Å². The van der Waals surface area contributed by atoms with Crippen LogP contribution in [-0.2, 0) is 19.1 Å². The van der Waals surface area contributed by atoms with Gasteiger partial charge < -0.3 is 57.7 Å². The molecule has 3 amide bonds. The fourth-order valence-corrected chi connectivity index (χ4v) is 6.15. The third-order valence-electron chi connectivity index (χ3n) is 7.85. The number of nitrogens with one attached hydrogen (secondary N) is 4. The van der Waals surface area contributed by atoms with Gasteiger partial charge in [-0.25, -0.2) is 0 Å². The molecule has 12 N–H and O–H groups in total. The second kappa shape index (κ2) is 26.5. The molecule has 268 valence electrons. The Morgan fingerprint density at radius 3 is 1.91 bits per heavy atom. The number of ether oxygens (including phenoxy) is 1. The predicted octanol–water partition coefficient (Wildman–Crippen LogP) is -0.677. The van der Waals surface area contributed by atoms with Crippen LogP contribution in [0.25, 0.3) is 0 Å². The molecule has 0 radical (unpaired) electrons. The summed E-state index contributed by atoms with van der Waals surface area (Å²) in [7, 11) is -0.533. The average molecular weight is 677 g/mol. The molecule has 1 heterocycles. The van der Waals surface area contributed by atoms with Crippen LogP contribution < -0.4 is 32.6 Å². The number of unbranched alkanes of at least 4 members (excludes halogenated alkanes) is 7. The maximum Gasteiger partial charge on any atom is 0.373 e. The van der Waals surface area contributed by atoms with Gasteiger partial charge in [-0.15, -0.1) is 11.8 Å². The molecule has 1 aliphatic rings. The summed E-state index contributed by atoms with van der Waals surface area (Å²) < 4.78 is 5.60. The van der Waals surface area contributed by atoms with Crippen LogP contribution in [0.5, 0.6) is 0 Å². The van der Waals surface area contributed by atoms with Crippen LogP contribution in [0, 0.1) is 0 Å². The first-order valence-corrected chi connectivity index (χ1v) is 18.1. The van der Waals surface area contributed by atoms with Crippen LogP contribution in [0.1, 0.15) is 89.9 Å². The Balaban J connectivity index is 1.90. The van der Waals surface area contributed by atoms with Gasteiger partial charge in [-0.3, -0.25) is 14.4 Å². The quantitative estimate of drug-likeness (QED) is 0.0385. The maximum atomic E-state index is 12.1. The minimum absolute atomic E-state index is 0.0205. The summed E-state index contributed by atoms with van der Waals surface area (Å²) in [6, 6.07) is -1.25. The van der Waals surface area contributed by atoms with Gasteiger partial charge in [-0.2, -0.15) is 0 Å². The summed E-state index contributed by atoms with van der Waals surface area (Å²) in [6.45, 7) is 3.73. The Morgan fingerprint density at radius 1 is 0.804 bits per heavy atom. The number of carbonyl (C=O) groups excluding carboxylic acids is 3. The lowest BCUT2D eigenvalue weighted by atomic mass is 9.89. The molecule has 0 spiro atoms. The lowest BCUT2D eigenvalue weighted by molar-refractivity contribution is -0.165. The summed E-state index contributed by atoms with van der Waals surface area (Å²) in [4.78, 5) is 36.1. The third kappa shape index (κ3) is 20.0. The van der Waals surface area contributed by atoms with Crippen molar-refractivity contribution in [3.8, 4) is 0 Å². The van der Waals surface area contributed by atoms with E-state index in [1.807, 2.05) is 0 Å². The molecule has 46 heavy (non-hydrogen) atoms. The van der Waals surface area contributed by atoms with Gasteiger partial charge in [0.05, 0.1) is 18.7 Å². The highest BCUT2D eigenvalue weighted by Crippen LogP contribution is 2.28. The van der Waals surface area contributed by atoms with E-state index in [0.717, 1.165) is 76.4 Å². The highest BCUT2D eigenvalue weighted by Gasteiger charge is 2.42. The SMILES string of the molecule is CB(O)NCCCCC(N)C(=O)NCCCCCC(=O)NCCCCCC(=O)NCCCCCS[C@@H]1OC(CO)[C@H](O)C(O)C1N. The molecule has 0 bridgehead atoms. The lowest BCUT2D eigenvalue weighted by Crippen LogP contribution is -2.60. The van der Waals surface area contributed by atoms with Gasteiger partial charge in [-0.1, -0.05) is 25.7 Å². The van der Waals surface area contributed by atoms with Crippen LogP contribution in [0.15, 0.2) is 0 Å². The fraction of sp³-hybridized carbons (Fsp3) is 0.900. The van der Waals surface area contributed by atoms with E-state index in [-0.39, 0.29) is 24.3 Å². The van der Waals surface area contributed by atoms with Gasteiger partial charge in [0.1, 0.15) is 23.7 Å². The van der Waals surface area contributed by atoms with Gasteiger partial charge in [0.15, 0.2) is 0 Å². The van der Waals surface area contributed by atoms with Crippen LogP contribution in [0.2, 0.25) is 6.82 Å². The van der Waals surface area contributed by atoms with Crippen molar-refractivity contribution in [2.24, 2.45) is 11.5 Å². The molecule has 1 saturated heterocycles. The Bertz CT molecular complexity index is 834. The Kier molecular flexibility index (Phi) is 24.5. The first-order chi connectivity index (χ1) is 22.1. The van der Waals surface area contributed by atoms with E-state index in [1.54, 1.807) is 6.82 Å². The van der Waals surface area contributed by atoms with Gasteiger partial charge in [0, 0.05) is 32.5 Å².